The summed E-state index contributed by atoms with van der Waals surface area (Å²) in [6.45, 7) is 5.16. The van der Waals surface area contributed by atoms with Crippen LogP contribution in [0.2, 0.25) is 5.15 Å². The van der Waals surface area contributed by atoms with E-state index in [1.807, 2.05) is 0 Å². The van der Waals surface area contributed by atoms with Crippen molar-refractivity contribution in [2.45, 2.75) is 39.3 Å². The molecule has 2 heterocycles. The molecule has 1 aliphatic heterocycles. The number of nitrogens with zero attached hydrogens (tertiary/aromatic N) is 3. The van der Waals surface area contributed by atoms with Crippen LogP contribution in [0.3, 0.4) is 0 Å². The highest BCUT2D eigenvalue weighted by molar-refractivity contribution is 7.91. The minimum atomic E-state index is -3.07. The van der Waals surface area contributed by atoms with Gasteiger partial charge in [-0.2, -0.15) is 10.2 Å². The summed E-state index contributed by atoms with van der Waals surface area (Å²) in [5.74, 6) is -1.58. The molecule has 1 saturated heterocycles. The summed E-state index contributed by atoms with van der Waals surface area (Å²) < 4.78 is 24.7. The van der Waals surface area contributed by atoms with Crippen LogP contribution in [0.4, 0.5) is 0 Å². The monoisotopic (exact) mass is 389 g/mol. The van der Waals surface area contributed by atoms with E-state index < -0.39 is 21.7 Å². The van der Waals surface area contributed by atoms with Gasteiger partial charge >= 0.3 is 11.8 Å². The van der Waals surface area contributed by atoms with Crippen LogP contribution in [0, 0.1) is 6.92 Å². The number of hydrogen-bond acceptors (Lipinski definition) is 6. The molecule has 0 unspecified atom stereocenters. The number of carbonyl (C=O) groups is 2. The van der Waals surface area contributed by atoms with Crippen molar-refractivity contribution in [2.24, 2.45) is 5.10 Å². The molecule has 0 aromatic carbocycles. The van der Waals surface area contributed by atoms with Gasteiger partial charge in [0.05, 0.1) is 35.0 Å². The lowest BCUT2D eigenvalue weighted by Crippen LogP contribution is -2.41. The summed E-state index contributed by atoms with van der Waals surface area (Å²) in [6, 6.07) is -0.482. The average molecular weight is 390 g/mol. The maximum atomic E-state index is 11.6. The van der Waals surface area contributed by atoms with E-state index in [1.165, 1.54) is 10.9 Å². The minimum Gasteiger partial charge on any atom is -0.346 e. The number of halogens is 1. The number of aromatic nitrogens is 2. The first-order chi connectivity index (χ1) is 11.6. The summed E-state index contributed by atoms with van der Waals surface area (Å²) >= 11 is 6.27. The molecule has 2 N–H and O–H groups in total. The summed E-state index contributed by atoms with van der Waals surface area (Å²) in [5, 5.41) is 10.7. The van der Waals surface area contributed by atoms with Gasteiger partial charge in [0.25, 0.3) is 0 Å². The van der Waals surface area contributed by atoms with Crippen molar-refractivity contribution in [2.75, 3.05) is 11.5 Å². The summed E-state index contributed by atoms with van der Waals surface area (Å²) in [7, 11) is -3.07. The van der Waals surface area contributed by atoms with Gasteiger partial charge in [-0.05, 0) is 27.2 Å². The second kappa shape index (κ2) is 7.52. The van der Waals surface area contributed by atoms with Crippen LogP contribution in [0.5, 0.6) is 0 Å². The predicted octanol–water partition coefficient (Wildman–Crippen LogP) is 0.179. The van der Waals surface area contributed by atoms with Gasteiger partial charge < -0.3 is 5.32 Å². The fourth-order valence-corrected chi connectivity index (χ4v) is 4.48. The second-order valence-corrected chi connectivity index (χ2v) is 8.71. The number of aryl methyl sites for hydroxylation is 1. The van der Waals surface area contributed by atoms with Crippen LogP contribution in [-0.4, -0.2) is 53.8 Å². The Bertz CT molecular complexity index is 815. The zero-order valence-electron chi connectivity index (χ0n) is 14.1. The molecule has 138 valence electrons. The van der Waals surface area contributed by atoms with Crippen molar-refractivity contribution in [3.63, 3.8) is 0 Å². The van der Waals surface area contributed by atoms with E-state index in [2.05, 4.69) is 20.9 Å². The number of amides is 2. The van der Waals surface area contributed by atoms with Crippen LogP contribution in [0.15, 0.2) is 5.10 Å². The average Bonchev–Trinajstić information content (AvgIpc) is 2.99. The van der Waals surface area contributed by atoms with Gasteiger partial charge in [-0.15, -0.1) is 0 Å². The molecule has 1 fully saturated rings. The van der Waals surface area contributed by atoms with Crippen LogP contribution < -0.4 is 10.7 Å². The highest BCUT2D eigenvalue weighted by atomic mass is 35.5. The molecular formula is C14H20ClN5O4S. The molecule has 11 heteroatoms. The third-order valence-corrected chi connectivity index (χ3v) is 5.74. The highest BCUT2D eigenvalue weighted by Crippen LogP contribution is 2.29. The molecule has 1 aromatic rings. The quantitative estimate of drug-likeness (QED) is 0.432. The Kier molecular flexibility index (Phi) is 5.83. The van der Waals surface area contributed by atoms with Gasteiger partial charge in [-0.3, -0.25) is 9.59 Å². The zero-order chi connectivity index (χ0) is 18.8. The number of hydrogen-bond donors (Lipinski definition) is 2. The van der Waals surface area contributed by atoms with E-state index in [1.54, 1.807) is 20.8 Å². The lowest BCUT2D eigenvalue weighted by molar-refractivity contribution is -0.139. The second-order valence-electron chi connectivity index (χ2n) is 6.12. The number of hydrazone groups is 1. The first kappa shape index (κ1) is 19.4. The Hall–Kier alpha value is -1.94. The lowest BCUT2D eigenvalue weighted by Gasteiger charge is -2.09. The van der Waals surface area contributed by atoms with Gasteiger partial charge in [0.2, 0.25) is 0 Å². The van der Waals surface area contributed by atoms with E-state index in [9.17, 15) is 18.0 Å². The fraction of sp³-hybridized carbons (Fsp3) is 0.571. The van der Waals surface area contributed by atoms with Crippen molar-refractivity contribution in [3.8, 4) is 0 Å². The van der Waals surface area contributed by atoms with E-state index in [0.29, 0.717) is 17.7 Å². The molecule has 1 aromatic heterocycles. The number of sulfone groups is 1. The Morgan fingerprint density at radius 2 is 2.08 bits per heavy atom. The van der Waals surface area contributed by atoms with Crippen molar-refractivity contribution in [1.82, 2.24) is 20.5 Å². The first-order valence-electron chi connectivity index (χ1n) is 7.69. The fourth-order valence-electron chi connectivity index (χ4n) is 2.42. The van der Waals surface area contributed by atoms with Crippen LogP contribution >= 0.6 is 11.6 Å². The van der Waals surface area contributed by atoms with Crippen molar-refractivity contribution in [3.05, 3.63) is 16.4 Å². The van der Waals surface area contributed by atoms with E-state index >= 15 is 0 Å². The third-order valence-electron chi connectivity index (χ3n) is 3.61. The van der Waals surface area contributed by atoms with E-state index in [-0.39, 0.29) is 28.7 Å². The van der Waals surface area contributed by atoms with Gasteiger partial charge in [0.1, 0.15) is 5.15 Å². The highest BCUT2D eigenvalue weighted by Gasteiger charge is 2.31. The van der Waals surface area contributed by atoms with Gasteiger partial charge in [-0.25, -0.2) is 18.5 Å². The molecular weight excluding hydrogens is 370 g/mol. The number of rotatable bonds is 4. The Morgan fingerprint density at radius 1 is 1.40 bits per heavy atom. The summed E-state index contributed by atoms with van der Waals surface area (Å²) in [4.78, 5) is 23.0. The molecule has 9 nitrogen and oxygen atoms in total. The van der Waals surface area contributed by atoms with Gasteiger partial charge in [0.15, 0.2) is 9.84 Å². The molecule has 1 aliphatic rings. The van der Waals surface area contributed by atoms with E-state index in [4.69, 9.17) is 11.6 Å². The maximum absolute atomic E-state index is 11.6. The lowest BCUT2D eigenvalue weighted by atomic mass is 10.2. The SMILES string of the molecule is Cc1nn([C@@H]2CCS(=O)(=O)C2)c(Cl)c1/C=N\NC(=O)C(=O)NC(C)C. The van der Waals surface area contributed by atoms with E-state index in [0.717, 1.165) is 0 Å². The van der Waals surface area contributed by atoms with Crippen molar-refractivity contribution in [1.29, 1.82) is 0 Å². The Morgan fingerprint density at radius 3 is 2.64 bits per heavy atom. The molecule has 2 amide bonds. The predicted molar refractivity (Wildman–Crippen MR) is 93.3 cm³/mol. The molecule has 0 radical (unpaired) electrons. The van der Waals surface area contributed by atoms with Crippen molar-refractivity contribution >= 4 is 39.5 Å². The Labute approximate surface area is 150 Å². The Balaban J connectivity index is 2.08. The van der Waals surface area contributed by atoms with Crippen molar-refractivity contribution < 1.29 is 18.0 Å². The molecule has 2 rings (SSSR count). The summed E-state index contributed by atoms with van der Waals surface area (Å²) in [5.41, 5.74) is 3.10. The largest absolute Gasteiger partial charge is 0.346 e. The third kappa shape index (κ3) is 4.79. The summed E-state index contributed by atoms with van der Waals surface area (Å²) in [6.07, 6.45) is 1.73. The number of carbonyl (C=O) groups excluding carboxylic acids is 2. The molecule has 0 bridgehead atoms. The van der Waals surface area contributed by atoms with Gasteiger partial charge in [0, 0.05) is 6.04 Å². The molecule has 0 saturated carbocycles. The smallest absolute Gasteiger partial charge is 0.329 e. The molecule has 0 spiro atoms. The maximum Gasteiger partial charge on any atom is 0.329 e. The van der Waals surface area contributed by atoms with Crippen LogP contribution in [0.25, 0.3) is 0 Å². The standard InChI is InChI=1S/C14H20ClN5O4S/c1-8(2)17-13(21)14(22)18-16-6-11-9(3)19-20(12(11)15)10-4-5-25(23,24)7-10/h6,8,10H,4-5,7H2,1-3H3,(H,17,21)(H,18,22)/b16-6-/t10-/m1/s1. The molecule has 1 atom stereocenters. The minimum absolute atomic E-state index is 0.00344. The molecule has 25 heavy (non-hydrogen) atoms. The zero-order valence-corrected chi connectivity index (χ0v) is 15.7. The van der Waals surface area contributed by atoms with Crippen LogP contribution in [-0.2, 0) is 19.4 Å². The molecule has 0 aliphatic carbocycles. The number of nitrogens with one attached hydrogen (secondary N) is 2. The normalized spacial score (nSPS) is 19.5. The van der Waals surface area contributed by atoms with Crippen LogP contribution in [0.1, 0.15) is 37.6 Å². The first-order valence-corrected chi connectivity index (χ1v) is 9.89. The topological polar surface area (TPSA) is 123 Å². The van der Waals surface area contributed by atoms with Gasteiger partial charge in [-0.1, -0.05) is 11.6 Å².